The predicted molar refractivity (Wildman–Crippen MR) is 106 cm³/mol. The minimum atomic E-state index is -0.213. The van der Waals surface area contributed by atoms with Gasteiger partial charge in [0.05, 0.1) is 21.7 Å². The van der Waals surface area contributed by atoms with E-state index in [1.54, 1.807) is 48.4 Å². The van der Waals surface area contributed by atoms with E-state index < -0.39 is 0 Å². The number of carbonyl (C=O) groups excluding carboxylic acids is 2. The van der Waals surface area contributed by atoms with E-state index in [9.17, 15) is 9.59 Å². The zero-order chi connectivity index (χ0) is 19.1. The standard InChI is InChI=1S/C21H16N4O2S/c26-20-14-6-1-2-7-15(14)21(27)25(20)13-5-12-24-16-8-3-11-23-19(16)28-17-9-4-10-22-18(17)24/h1-4,6-11H,5,12-13H2. The molecule has 5 rings (SSSR count). The Morgan fingerprint density at radius 3 is 2.25 bits per heavy atom. The second-order valence-electron chi connectivity index (χ2n) is 6.57. The molecule has 0 bridgehead atoms. The van der Waals surface area contributed by atoms with Crippen molar-refractivity contribution in [1.29, 1.82) is 0 Å². The molecule has 0 atom stereocenters. The van der Waals surface area contributed by atoms with E-state index in [1.165, 1.54) is 4.90 Å². The first kappa shape index (κ1) is 16.9. The molecule has 0 radical (unpaired) electrons. The van der Waals surface area contributed by atoms with Gasteiger partial charge in [-0.15, -0.1) is 0 Å². The number of fused-ring (bicyclic) bond motifs is 3. The Balaban J connectivity index is 1.36. The lowest BCUT2D eigenvalue weighted by atomic mass is 10.1. The van der Waals surface area contributed by atoms with Gasteiger partial charge in [-0.05, 0) is 42.8 Å². The smallest absolute Gasteiger partial charge is 0.261 e. The van der Waals surface area contributed by atoms with Crippen molar-refractivity contribution in [2.75, 3.05) is 18.0 Å². The predicted octanol–water partition coefficient (Wildman–Crippen LogP) is 3.77. The van der Waals surface area contributed by atoms with E-state index in [2.05, 4.69) is 14.9 Å². The summed E-state index contributed by atoms with van der Waals surface area (Å²) >= 11 is 1.60. The first-order valence-corrected chi connectivity index (χ1v) is 9.86. The Bertz CT molecular complexity index is 1020. The Morgan fingerprint density at radius 2 is 1.46 bits per heavy atom. The van der Waals surface area contributed by atoms with Gasteiger partial charge < -0.3 is 4.90 Å². The van der Waals surface area contributed by atoms with Gasteiger partial charge >= 0.3 is 0 Å². The zero-order valence-corrected chi connectivity index (χ0v) is 15.7. The third kappa shape index (κ3) is 2.66. The molecule has 7 heteroatoms. The molecule has 3 aromatic rings. The van der Waals surface area contributed by atoms with Gasteiger partial charge in [0, 0.05) is 25.5 Å². The average Bonchev–Trinajstić information content (AvgIpc) is 2.98. The Morgan fingerprint density at radius 1 is 0.786 bits per heavy atom. The molecule has 0 unspecified atom stereocenters. The van der Waals surface area contributed by atoms with E-state index in [0.29, 0.717) is 30.6 Å². The van der Waals surface area contributed by atoms with Gasteiger partial charge in [0.2, 0.25) is 0 Å². The summed E-state index contributed by atoms with van der Waals surface area (Å²) in [4.78, 5) is 38.6. The van der Waals surface area contributed by atoms with Crippen LogP contribution < -0.4 is 4.90 Å². The number of amides is 2. The Labute approximate surface area is 166 Å². The highest BCUT2D eigenvalue weighted by molar-refractivity contribution is 7.99. The van der Waals surface area contributed by atoms with E-state index in [4.69, 9.17) is 0 Å². The fraction of sp³-hybridized carbons (Fsp3) is 0.143. The van der Waals surface area contributed by atoms with Crippen LogP contribution in [0.3, 0.4) is 0 Å². The number of pyridine rings is 2. The molecule has 0 fully saturated rings. The molecule has 2 aliphatic rings. The number of carbonyl (C=O) groups is 2. The summed E-state index contributed by atoms with van der Waals surface area (Å²) in [7, 11) is 0. The minimum absolute atomic E-state index is 0.213. The van der Waals surface area contributed by atoms with Crippen molar-refractivity contribution >= 4 is 35.1 Å². The third-order valence-corrected chi connectivity index (χ3v) is 5.94. The second kappa shape index (κ2) is 6.76. The van der Waals surface area contributed by atoms with Crippen molar-refractivity contribution in [3.63, 3.8) is 0 Å². The SMILES string of the molecule is O=C1c2ccccc2C(=O)N1CCCN1c2cccnc2Sc2cccnc21. The largest absolute Gasteiger partial charge is 0.323 e. The van der Waals surface area contributed by atoms with Crippen LogP contribution >= 0.6 is 11.8 Å². The van der Waals surface area contributed by atoms with Gasteiger partial charge in [-0.1, -0.05) is 23.9 Å². The fourth-order valence-electron chi connectivity index (χ4n) is 3.60. The number of benzene rings is 1. The van der Waals surface area contributed by atoms with Crippen LogP contribution in [0, 0.1) is 0 Å². The minimum Gasteiger partial charge on any atom is -0.323 e. The van der Waals surface area contributed by atoms with Crippen LogP contribution in [-0.2, 0) is 0 Å². The highest BCUT2D eigenvalue weighted by Crippen LogP contribution is 2.45. The van der Waals surface area contributed by atoms with Crippen molar-refractivity contribution in [2.24, 2.45) is 0 Å². The third-order valence-electron chi connectivity index (χ3n) is 4.90. The molecule has 2 aliphatic heterocycles. The molecular formula is C21H16N4O2S. The molecule has 28 heavy (non-hydrogen) atoms. The van der Waals surface area contributed by atoms with Crippen molar-refractivity contribution < 1.29 is 9.59 Å². The van der Waals surface area contributed by atoms with Crippen LogP contribution in [0.5, 0.6) is 0 Å². The maximum absolute atomic E-state index is 12.6. The average molecular weight is 388 g/mol. The maximum Gasteiger partial charge on any atom is 0.261 e. The highest BCUT2D eigenvalue weighted by Gasteiger charge is 2.35. The highest BCUT2D eigenvalue weighted by atomic mass is 32.2. The topological polar surface area (TPSA) is 66.4 Å². The molecule has 2 amide bonds. The number of rotatable bonds is 4. The summed E-state index contributed by atoms with van der Waals surface area (Å²) in [6.45, 7) is 1.00. The lowest BCUT2D eigenvalue weighted by Crippen LogP contribution is -2.33. The quantitative estimate of drug-likeness (QED) is 0.634. The fourth-order valence-corrected chi connectivity index (χ4v) is 4.61. The molecule has 0 N–H and O–H groups in total. The van der Waals surface area contributed by atoms with Crippen molar-refractivity contribution in [1.82, 2.24) is 14.9 Å². The molecule has 0 saturated carbocycles. The molecule has 0 aliphatic carbocycles. The summed E-state index contributed by atoms with van der Waals surface area (Å²) in [5.74, 6) is 0.459. The molecule has 2 aromatic heterocycles. The maximum atomic E-state index is 12.6. The van der Waals surface area contributed by atoms with Crippen LogP contribution in [-0.4, -0.2) is 39.8 Å². The van der Waals surface area contributed by atoms with Crippen LogP contribution in [0.4, 0.5) is 11.5 Å². The number of imide groups is 1. The monoisotopic (exact) mass is 388 g/mol. The number of nitrogens with zero attached hydrogens (tertiary/aromatic N) is 4. The Hall–Kier alpha value is -3.19. The number of anilines is 2. The molecule has 0 spiro atoms. The molecule has 0 saturated heterocycles. The zero-order valence-electron chi connectivity index (χ0n) is 14.9. The number of aromatic nitrogens is 2. The molecular weight excluding hydrogens is 372 g/mol. The van der Waals surface area contributed by atoms with Gasteiger partial charge in [-0.3, -0.25) is 14.5 Å². The van der Waals surface area contributed by atoms with E-state index in [0.717, 1.165) is 21.4 Å². The second-order valence-corrected chi connectivity index (χ2v) is 7.60. The number of hydrogen-bond acceptors (Lipinski definition) is 6. The van der Waals surface area contributed by atoms with Crippen molar-refractivity contribution in [3.8, 4) is 0 Å². The molecule has 138 valence electrons. The van der Waals surface area contributed by atoms with Crippen LogP contribution in [0.25, 0.3) is 0 Å². The lowest BCUT2D eigenvalue weighted by Gasteiger charge is -2.31. The van der Waals surface area contributed by atoms with Crippen LogP contribution in [0.15, 0.2) is 70.8 Å². The lowest BCUT2D eigenvalue weighted by molar-refractivity contribution is 0.0653. The first-order chi connectivity index (χ1) is 13.7. The van der Waals surface area contributed by atoms with Crippen molar-refractivity contribution in [3.05, 3.63) is 72.1 Å². The summed E-state index contributed by atoms with van der Waals surface area (Å²) < 4.78 is 0. The summed E-state index contributed by atoms with van der Waals surface area (Å²) in [5, 5.41) is 0.934. The van der Waals surface area contributed by atoms with Crippen LogP contribution in [0.1, 0.15) is 27.1 Å². The van der Waals surface area contributed by atoms with Gasteiger partial charge in [0.1, 0.15) is 10.8 Å². The normalized spacial score (nSPS) is 14.7. The summed E-state index contributed by atoms with van der Waals surface area (Å²) in [6, 6.07) is 14.9. The van der Waals surface area contributed by atoms with Gasteiger partial charge in [0.25, 0.3) is 11.8 Å². The van der Waals surface area contributed by atoms with E-state index in [-0.39, 0.29) is 11.8 Å². The van der Waals surface area contributed by atoms with Crippen molar-refractivity contribution in [2.45, 2.75) is 16.3 Å². The van der Waals surface area contributed by atoms with Gasteiger partial charge in [0.15, 0.2) is 0 Å². The van der Waals surface area contributed by atoms with Crippen LogP contribution in [0.2, 0.25) is 0 Å². The van der Waals surface area contributed by atoms with E-state index in [1.807, 2.05) is 24.3 Å². The van der Waals surface area contributed by atoms with Gasteiger partial charge in [-0.2, -0.15) is 0 Å². The Kier molecular flexibility index (Phi) is 4.09. The van der Waals surface area contributed by atoms with E-state index >= 15 is 0 Å². The molecule has 4 heterocycles. The summed E-state index contributed by atoms with van der Waals surface area (Å²) in [6.07, 6.45) is 4.20. The molecule has 1 aromatic carbocycles. The first-order valence-electron chi connectivity index (χ1n) is 9.05. The number of hydrogen-bond donors (Lipinski definition) is 0. The van der Waals surface area contributed by atoms with Gasteiger partial charge in [-0.25, -0.2) is 9.97 Å². The molecule has 6 nitrogen and oxygen atoms in total. The summed E-state index contributed by atoms with van der Waals surface area (Å²) in [5.41, 5.74) is 1.98.